The van der Waals surface area contributed by atoms with Crippen molar-refractivity contribution < 1.29 is 14.1 Å². The van der Waals surface area contributed by atoms with E-state index >= 15 is 0 Å². The lowest BCUT2D eigenvalue weighted by Crippen LogP contribution is -2.45. The van der Waals surface area contributed by atoms with Gasteiger partial charge in [0.2, 0.25) is 0 Å². The van der Waals surface area contributed by atoms with Gasteiger partial charge < -0.3 is 15.7 Å². The maximum absolute atomic E-state index is 11.8. The van der Waals surface area contributed by atoms with E-state index in [1.165, 1.54) is 0 Å². The molecule has 0 heterocycles. The third kappa shape index (κ3) is 9.29. The molecule has 0 aliphatic rings. The Hall–Kier alpha value is -0.270. The summed E-state index contributed by atoms with van der Waals surface area (Å²) in [5, 5.41) is 14.5. The number of amides is 2. The zero-order valence-electron chi connectivity index (χ0n) is 12.2. The van der Waals surface area contributed by atoms with Crippen molar-refractivity contribution in [3.8, 4) is 0 Å². The summed E-state index contributed by atoms with van der Waals surface area (Å²) in [7, 11) is -0.968. The summed E-state index contributed by atoms with van der Waals surface area (Å²) in [6.45, 7) is 6.03. The first-order chi connectivity index (χ1) is 8.81. The molecule has 0 aromatic carbocycles. The lowest BCUT2D eigenvalue weighted by Gasteiger charge is -2.19. The third-order valence-electron chi connectivity index (χ3n) is 2.48. The predicted molar refractivity (Wildman–Crippen MR) is 83.2 cm³/mol. The fraction of sp³-hybridized carbons (Fsp3) is 0.917. The average molecular weight is 310 g/mol. The van der Waals surface area contributed by atoms with E-state index in [1.54, 1.807) is 11.8 Å². The van der Waals surface area contributed by atoms with Gasteiger partial charge in [0, 0.05) is 27.8 Å². The van der Waals surface area contributed by atoms with E-state index in [9.17, 15) is 9.00 Å². The number of urea groups is 1. The molecule has 0 aliphatic heterocycles. The van der Waals surface area contributed by atoms with Crippen molar-refractivity contribution in [2.45, 2.75) is 38.0 Å². The number of hydrogen-bond acceptors (Lipinski definition) is 4. The van der Waals surface area contributed by atoms with E-state index in [1.807, 2.05) is 27.0 Å². The molecular weight excluding hydrogens is 284 g/mol. The van der Waals surface area contributed by atoms with E-state index in [-0.39, 0.29) is 23.4 Å². The Labute approximate surface area is 122 Å². The fourth-order valence-electron chi connectivity index (χ4n) is 1.27. The molecule has 2 atom stereocenters. The average Bonchev–Trinajstić information content (AvgIpc) is 2.33. The summed E-state index contributed by atoms with van der Waals surface area (Å²) >= 11 is 1.67. The first-order valence-electron chi connectivity index (χ1n) is 6.34. The minimum absolute atomic E-state index is 0.0676. The predicted octanol–water partition coefficient (Wildman–Crippen LogP) is 0.947. The molecule has 2 unspecified atom stereocenters. The van der Waals surface area contributed by atoms with Crippen LogP contribution in [0, 0.1) is 0 Å². The minimum atomic E-state index is -0.968. The van der Waals surface area contributed by atoms with Crippen LogP contribution < -0.4 is 10.6 Å². The normalized spacial score (nSPS) is 14.8. The Morgan fingerprint density at radius 1 is 1.42 bits per heavy atom. The van der Waals surface area contributed by atoms with Crippen molar-refractivity contribution in [3.05, 3.63) is 0 Å². The van der Waals surface area contributed by atoms with Crippen LogP contribution in [0.5, 0.6) is 0 Å². The molecule has 3 N–H and O–H groups in total. The Kier molecular flexibility index (Phi) is 9.47. The summed E-state index contributed by atoms with van der Waals surface area (Å²) < 4.78 is 11.5. The van der Waals surface area contributed by atoms with Crippen molar-refractivity contribution in [3.63, 3.8) is 0 Å². The van der Waals surface area contributed by atoms with Gasteiger partial charge in [-0.3, -0.25) is 4.21 Å². The number of thioether (sulfide) groups is 1. The second kappa shape index (κ2) is 9.61. The molecular formula is C12H26N2O3S2. The zero-order valence-corrected chi connectivity index (χ0v) is 13.8. The number of carbonyl (C=O) groups is 1. The van der Waals surface area contributed by atoms with Crippen molar-refractivity contribution in [2.75, 3.05) is 30.9 Å². The Morgan fingerprint density at radius 2 is 2.05 bits per heavy atom. The van der Waals surface area contributed by atoms with E-state index < -0.39 is 10.8 Å². The summed E-state index contributed by atoms with van der Waals surface area (Å²) in [5.41, 5.74) is 0. The maximum Gasteiger partial charge on any atom is 0.315 e. The first kappa shape index (κ1) is 18.7. The Bertz CT molecular complexity index is 293. The van der Waals surface area contributed by atoms with Crippen molar-refractivity contribution >= 4 is 28.6 Å². The molecule has 0 aromatic rings. The van der Waals surface area contributed by atoms with Crippen molar-refractivity contribution in [2.24, 2.45) is 0 Å². The molecule has 5 nitrogen and oxygen atoms in total. The zero-order chi connectivity index (χ0) is 14.9. The quantitative estimate of drug-likeness (QED) is 0.624. The van der Waals surface area contributed by atoms with Crippen LogP contribution in [-0.2, 0) is 10.8 Å². The SMILES string of the molecule is CSCCC(CO)NC(=O)NCCS(=O)C(C)(C)C. The van der Waals surface area contributed by atoms with Gasteiger partial charge in [-0.15, -0.1) is 0 Å². The molecule has 0 radical (unpaired) electrons. The minimum Gasteiger partial charge on any atom is -0.394 e. The van der Waals surface area contributed by atoms with Crippen molar-refractivity contribution in [1.29, 1.82) is 0 Å². The molecule has 0 bridgehead atoms. The molecule has 7 heteroatoms. The molecule has 114 valence electrons. The highest BCUT2D eigenvalue weighted by atomic mass is 32.2. The van der Waals surface area contributed by atoms with Crippen LogP contribution in [0.2, 0.25) is 0 Å². The van der Waals surface area contributed by atoms with E-state index in [4.69, 9.17) is 5.11 Å². The standard InChI is InChI=1S/C12H26N2O3S2/c1-12(2,3)19(17)8-6-13-11(16)14-10(9-15)5-7-18-4/h10,15H,5-9H2,1-4H3,(H2,13,14,16). The summed E-state index contributed by atoms with van der Waals surface area (Å²) in [6.07, 6.45) is 2.72. The second-order valence-corrected chi connectivity index (χ2v) is 8.53. The third-order valence-corrected chi connectivity index (χ3v) is 5.07. The van der Waals surface area contributed by atoms with Gasteiger partial charge in [0.15, 0.2) is 0 Å². The number of carbonyl (C=O) groups excluding carboxylic acids is 1. The van der Waals surface area contributed by atoms with Gasteiger partial charge >= 0.3 is 6.03 Å². The maximum atomic E-state index is 11.8. The van der Waals surface area contributed by atoms with Crippen LogP contribution >= 0.6 is 11.8 Å². The van der Waals surface area contributed by atoms with Crippen molar-refractivity contribution in [1.82, 2.24) is 10.6 Å². The van der Waals surface area contributed by atoms with Gasteiger partial charge in [0.05, 0.1) is 12.6 Å². The molecule has 0 aliphatic carbocycles. The van der Waals surface area contributed by atoms with Crippen LogP contribution in [0.25, 0.3) is 0 Å². The highest BCUT2D eigenvalue weighted by Gasteiger charge is 2.19. The topological polar surface area (TPSA) is 78.4 Å². The lowest BCUT2D eigenvalue weighted by atomic mass is 10.2. The molecule has 0 saturated carbocycles. The van der Waals surface area contributed by atoms with Gasteiger partial charge in [-0.2, -0.15) is 11.8 Å². The van der Waals surface area contributed by atoms with Gasteiger partial charge in [-0.1, -0.05) is 0 Å². The number of aliphatic hydroxyl groups excluding tert-OH is 1. The van der Waals surface area contributed by atoms with Gasteiger partial charge in [0.1, 0.15) is 0 Å². The summed E-state index contributed by atoms with van der Waals surface area (Å²) in [6, 6.07) is -0.536. The molecule has 0 aromatic heterocycles. The molecule has 0 rings (SSSR count). The summed E-state index contributed by atoms with van der Waals surface area (Å²) in [4.78, 5) is 11.6. The van der Waals surface area contributed by atoms with Gasteiger partial charge in [-0.05, 0) is 39.2 Å². The van der Waals surface area contributed by atoms with E-state index in [0.29, 0.717) is 12.3 Å². The highest BCUT2D eigenvalue weighted by molar-refractivity contribution is 7.98. The highest BCUT2D eigenvalue weighted by Crippen LogP contribution is 2.10. The van der Waals surface area contributed by atoms with Crippen LogP contribution in [0.15, 0.2) is 0 Å². The van der Waals surface area contributed by atoms with Crippen LogP contribution in [0.1, 0.15) is 27.2 Å². The van der Waals surface area contributed by atoms with Crippen LogP contribution in [0.3, 0.4) is 0 Å². The van der Waals surface area contributed by atoms with Gasteiger partial charge in [0.25, 0.3) is 0 Å². The number of nitrogens with one attached hydrogen (secondary N) is 2. The smallest absolute Gasteiger partial charge is 0.315 e. The second-order valence-electron chi connectivity index (χ2n) is 5.22. The van der Waals surface area contributed by atoms with E-state index in [0.717, 1.165) is 12.2 Å². The Morgan fingerprint density at radius 3 is 2.53 bits per heavy atom. The molecule has 2 amide bonds. The number of aliphatic hydroxyl groups is 1. The molecule has 0 saturated heterocycles. The lowest BCUT2D eigenvalue weighted by molar-refractivity contribution is 0.215. The number of hydrogen-bond donors (Lipinski definition) is 3. The molecule has 0 spiro atoms. The van der Waals surface area contributed by atoms with E-state index in [2.05, 4.69) is 10.6 Å². The molecule has 19 heavy (non-hydrogen) atoms. The van der Waals surface area contributed by atoms with Crippen LogP contribution in [-0.4, -0.2) is 57.0 Å². The monoisotopic (exact) mass is 310 g/mol. The summed E-state index contributed by atoms with van der Waals surface area (Å²) in [5.74, 6) is 1.32. The molecule has 0 fully saturated rings. The largest absolute Gasteiger partial charge is 0.394 e. The first-order valence-corrected chi connectivity index (χ1v) is 9.05. The van der Waals surface area contributed by atoms with Crippen LogP contribution in [0.4, 0.5) is 4.79 Å². The van der Waals surface area contributed by atoms with Gasteiger partial charge in [-0.25, -0.2) is 4.79 Å². The fourth-order valence-corrected chi connectivity index (χ4v) is 2.69. The number of rotatable bonds is 8. The Balaban J connectivity index is 3.89.